The molecule has 0 fully saturated rings. The maximum absolute atomic E-state index is 10.9. The molecule has 6 nitrogen and oxygen atoms in total. The summed E-state index contributed by atoms with van der Waals surface area (Å²) >= 11 is 9.39. The van der Waals surface area contributed by atoms with Crippen molar-refractivity contribution in [2.75, 3.05) is 50.2 Å². The van der Waals surface area contributed by atoms with Gasteiger partial charge in [-0.05, 0) is 35.4 Å². The first-order valence-corrected chi connectivity index (χ1v) is 11.1. The van der Waals surface area contributed by atoms with Crippen molar-refractivity contribution in [1.29, 1.82) is 0 Å². The molecule has 0 bridgehead atoms. The zero-order chi connectivity index (χ0) is 23.7. The van der Waals surface area contributed by atoms with Crippen molar-refractivity contribution in [1.82, 2.24) is 0 Å². The molecule has 0 spiro atoms. The molecular formula is C24H30N2O4S2. The number of benzene rings is 2. The van der Waals surface area contributed by atoms with Crippen LogP contribution in [0.25, 0.3) is 9.81 Å². The first-order valence-electron chi connectivity index (χ1n) is 10.2. The van der Waals surface area contributed by atoms with E-state index in [1.807, 2.05) is 72.4 Å². The van der Waals surface area contributed by atoms with Gasteiger partial charge in [-0.25, -0.2) is 0 Å². The first-order chi connectivity index (χ1) is 15.2. The third-order valence-corrected chi connectivity index (χ3v) is 5.99. The third kappa shape index (κ3) is 7.84. The molecule has 2 aromatic carbocycles. The standard InChI is InChI=1S/C24H30N2O4S2/c1-17(27)29-15-13-25(3)21-9-5-19(6-10-21)23(31)24(32)20-7-11-22(12-8-20)26(4)14-16-30-18(2)28/h5-12,31-32H,13-16H2,1-4H3. The highest BCUT2D eigenvalue weighted by Gasteiger charge is 2.09. The Hall–Kier alpha value is -2.58. The van der Waals surface area contributed by atoms with Gasteiger partial charge < -0.3 is 19.3 Å². The molecule has 0 radical (unpaired) electrons. The monoisotopic (exact) mass is 474 g/mol. The van der Waals surface area contributed by atoms with Gasteiger partial charge in [-0.1, -0.05) is 24.3 Å². The van der Waals surface area contributed by atoms with Crippen molar-refractivity contribution < 1.29 is 19.1 Å². The van der Waals surface area contributed by atoms with Crippen LogP contribution in [-0.2, 0) is 19.1 Å². The zero-order valence-corrected chi connectivity index (χ0v) is 20.7. The minimum absolute atomic E-state index is 0.276. The van der Waals surface area contributed by atoms with Crippen LogP contribution >= 0.6 is 25.3 Å². The van der Waals surface area contributed by atoms with Gasteiger partial charge in [0.25, 0.3) is 0 Å². The number of likely N-dealkylation sites (N-methyl/N-ethyl adjacent to an activating group) is 2. The van der Waals surface area contributed by atoms with Crippen LogP contribution < -0.4 is 9.80 Å². The number of carbonyl (C=O) groups is 2. The number of anilines is 2. The van der Waals surface area contributed by atoms with Gasteiger partial charge in [0.1, 0.15) is 13.2 Å². The quantitative estimate of drug-likeness (QED) is 0.303. The number of hydrogen-bond acceptors (Lipinski definition) is 8. The van der Waals surface area contributed by atoms with E-state index in [0.29, 0.717) is 26.3 Å². The smallest absolute Gasteiger partial charge is 0.302 e. The van der Waals surface area contributed by atoms with Crippen molar-refractivity contribution in [3.63, 3.8) is 0 Å². The SMILES string of the molecule is CC(=O)OCCN(C)c1ccc(C(S)=C(S)c2ccc(N(C)CCOC(C)=O)cc2)cc1. The second-order valence-electron chi connectivity index (χ2n) is 7.31. The lowest BCUT2D eigenvalue weighted by atomic mass is 10.1. The molecule has 0 unspecified atom stereocenters. The summed E-state index contributed by atoms with van der Waals surface area (Å²) in [5.41, 5.74) is 3.95. The molecule has 172 valence electrons. The van der Waals surface area contributed by atoms with E-state index in [0.717, 1.165) is 32.3 Å². The fraction of sp³-hybridized carbons (Fsp3) is 0.333. The lowest BCUT2D eigenvalue weighted by Gasteiger charge is -2.20. The number of esters is 2. The number of ether oxygens (including phenoxy) is 2. The fourth-order valence-corrected chi connectivity index (χ4v) is 3.49. The minimum atomic E-state index is -0.276. The summed E-state index contributed by atoms with van der Waals surface area (Å²) in [7, 11) is 3.90. The summed E-state index contributed by atoms with van der Waals surface area (Å²) in [6.45, 7) is 4.73. The van der Waals surface area contributed by atoms with Crippen LogP contribution in [0.5, 0.6) is 0 Å². The lowest BCUT2D eigenvalue weighted by Crippen LogP contribution is -2.23. The second kappa shape index (κ2) is 12.5. The molecule has 0 aliphatic rings. The van der Waals surface area contributed by atoms with Crippen LogP contribution in [0.15, 0.2) is 48.5 Å². The second-order valence-corrected chi connectivity index (χ2v) is 8.21. The van der Waals surface area contributed by atoms with E-state index in [9.17, 15) is 9.59 Å². The van der Waals surface area contributed by atoms with E-state index in [-0.39, 0.29) is 11.9 Å². The van der Waals surface area contributed by atoms with Gasteiger partial charge >= 0.3 is 11.9 Å². The van der Waals surface area contributed by atoms with E-state index in [1.54, 1.807) is 0 Å². The van der Waals surface area contributed by atoms with Gasteiger partial charge in [0, 0.05) is 49.1 Å². The predicted octanol–water partition coefficient (Wildman–Crippen LogP) is 4.37. The lowest BCUT2D eigenvalue weighted by molar-refractivity contribution is -0.141. The highest BCUT2D eigenvalue weighted by Crippen LogP contribution is 2.33. The van der Waals surface area contributed by atoms with E-state index >= 15 is 0 Å². The predicted molar refractivity (Wildman–Crippen MR) is 137 cm³/mol. The Balaban J connectivity index is 2.04. The van der Waals surface area contributed by atoms with Crippen LogP contribution in [0.1, 0.15) is 25.0 Å². The topological polar surface area (TPSA) is 59.1 Å². The molecule has 2 aromatic rings. The summed E-state index contributed by atoms with van der Waals surface area (Å²) in [6.07, 6.45) is 0. The maximum Gasteiger partial charge on any atom is 0.302 e. The molecule has 0 aromatic heterocycles. The Morgan fingerprint density at radius 3 is 1.28 bits per heavy atom. The van der Waals surface area contributed by atoms with Crippen molar-refractivity contribution in [3.05, 3.63) is 59.7 Å². The van der Waals surface area contributed by atoms with Crippen LogP contribution in [0, 0.1) is 0 Å². The summed E-state index contributed by atoms with van der Waals surface area (Å²) < 4.78 is 9.99. The van der Waals surface area contributed by atoms with Crippen LogP contribution in [0.3, 0.4) is 0 Å². The summed E-state index contributed by atoms with van der Waals surface area (Å²) in [5.74, 6) is -0.553. The molecular weight excluding hydrogens is 444 g/mol. The number of rotatable bonds is 10. The number of hydrogen-bond donors (Lipinski definition) is 2. The first kappa shape index (κ1) is 25.7. The highest BCUT2D eigenvalue weighted by molar-refractivity contribution is 7.96. The molecule has 0 heterocycles. The van der Waals surface area contributed by atoms with Crippen molar-refractivity contribution in [2.24, 2.45) is 0 Å². The largest absolute Gasteiger partial charge is 0.464 e. The highest BCUT2D eigenvalue weighted by atomic mass is 32.1. The van der Waals surface area contributed by atoms with Crippen molar-refractivity contribution >= 4 is 58.4 Å². The van der Waals surface area contributed by atoms with Crippen LogP contribution in [0.2, 0.25) is 0 Å². The summed E-state index contributed by atoms with van der Waals surface area (Å²) in [6, 6.07) is 16.0. The normalized spacial score (nSPS) is 11.4. The fourth-order valence-electron chi connectivity index (χ4n) is 2.93. The molecule has 32 heavy (non-hydrogen) atoms. The Morgan fingerprint density at radius 2 is 1.00 bits per heavy atom. The number of thiol groups is 2. The van der Waals surface area contributed by atoms with E-state index in [4.69, 9.17) is 34.7 Å². The molecule has 0 N–H and O–H groups in total. The average Bonchev–Trinajstić information content (AvgIpc) is 2.77. The minimum Gasteiger partial charge on any atom is -0.464 e. The molecule has 0 aliphatic heterocycles. The van der Waals surface area contributed by atoms with Crippen molar-refractivity contribution in [3.8, 4) is 0 Å². The van der Waals surface area contributed by atoms with Gasteiger partial charge in [0.15, 0.2) is 0 Å². The maximum atomic E-state index is 10.9. The van der Waals surface area contributed by atoms with Crippen LogP contribution in [-0.4, -0.2) is 52.3 Å². The van der Waals surface area contributed by atoms with Crippen LogP contribution in [0.4, 0.5) is 11.4 Å². The molecule has 0 saturated heterocycles. The third-order valence-electron chi connectivity index (χ3n) is 4.85. The van der Waals surface area contributed by atoms with Gasteiger partial charge in [-0.3, -0.25) is 9.59 Å². The molecule has 0 amide bonds. The van der Waals surface area contributed by atoms with Gasteiger partial charge in [0.05, 0.1) is 13.1 Å². The molecule has 0 atom stereocenters. The van der Waals surface area contributed by atoms with Gasteiger partial charge in [-0.15, -0.1) is 25.3 Å². The van der Waals surface area contributed by atoms with Gasteiger partial charge in [0.2, 0.25) is 0 Å². The van der Waals surface area contributed by atoms with E-state index in [1.165, 1.54) is 13.8 Å². The Morgan fingerprint density at radius 1 is 0.688 bits per heavy atom. The summed E-state index contributed by atoms with van der Waals surface area (Å²) in [5, 5.41) is 0. The number of nitrogens with zero attached hydrogens (tertiary/aromatic N) is 2. The Kier molecular flexibility index (Phi) is 9.99. The average molecular weight is 475 g/mol. The zero-order valence-electron chi connectivity index (χ0n) is 18.9. The summed E-state index contributed by atoms with van der Waals surface area (Å²) in [4.78, 5) is 27.4. The number of carbonyl (C=O) groups excluding carboxylic acids is 2. The van der Waals surface area contributed by atoms with E-state index in [2.05, 4.69) is 0 Å². The Bertz CT molecular complexity index is 866. The molecule has 0 saturated carbocycles. The van der Waals surface area contributed by atoms with Crippen molar-refractivity contribution in [2.45, 2.75) is 13.8 Å². The Labute approximate surface area is 201 Å². The molecule has 0 aliphatic carbocycles. The van der Waals surface area contributed by atoms with Gasteiger partial charge in [-0.2, -0.15) is 0 Å². The molecule has 8 heteroatoms. The van der Waals surface area contributed by atoms with E-state index < -0.39 is 0 Å². The molecule has 2 rings (SSSR count).